The van der Waals surface area contributed by atoms with Crippen molar-refractivity contribution in [3.63, 3.8) is 0 Å². The Labute approximate surface area is 578 Å². The second-order valence-electron chi connectivity index (χ2n) is 25.6. The summed E-state index contributed by atoms with van der Waals surface area (Å²) in [6.07, 6.45) is -15.9. The van der Waals surface area contributed by atoms with Gasteiger partial charge < -0.3 is 125 Å². The van der Waals surface area contributed by atoms with E-state index in [1.54, 1.807) is 71.9 Å². The van der Waals surface area contributed by atoms with Crippen molar-refractivity contribution in [3.05, 3.63) is 35.9 Å². The van der Waals surface area contributed by atoms with Gasteiger partial charge in [-0.15, -0.1) is 0 Å². The molecule has 23 N–H and O–H groups in total. The lowest BCUT2D eigenvalue weighted by Gasteiger charge is -2.48. The van der Waals surface area contributed by atoms with Crippen molar-refractivity contribution in [2.45, 2.75) is 230 Å². The Morgan fingerprint density at radius 2 is 1.15 bits per heavy atom. The van der Waals surface area contributed by atoms with Crippen LogP contribution in [0.2, 0.25) is 0 Å². The summed E-state index contributed by atoms with van der Waals surface area (Å²) in [7, 11) is 0. The third kappa shape index (κ3) is 27.4. The number of aliphatic hydroxyl groups excluding tert-OH is 6. The molecule has 1 aromatic rings. The number of carboxylic acids is 1. The maximum absolute atomic E-state index is 14.7. The van der Waals surface area contributed by atoms with E-state index in [1.807, 2.05) is 0 Å². The number of carboxylic acid groups (broad SMARTS) is 1. The Hall–Kier alpha value is -8.11. The van der Waals surface area contributed by atoms with E-state index in [0.717, 1.165) is 13.8 Å². The quantitative estimate of drug-likeness (QED) is 0.0271. The topological polar surface area (TPSA) is 588 Å². The lowest BCUT2D eigenvalue weighted by Crippen LogP contribution is -2.71. The molecule has 12 amide bonds. The number of hydrogen-bond donors (Lipinski definition) is 21. The second kappa shape index (κ2) is 42.2. The molecule has 0 aliphatic carbocycles. The number of nitrogens with one attached hydrogen (secondary N) is 12. The molecule has 2 aliphatic heterocycles. The van der Waals surface area contributed by atoms with Gasteiger partial charge in [0.25, 0.3) is 0 Å². The van der Waals surface area contributed by atoms with Crippen molar-refractivity contribution < 1.29 is 112 Å². The first-order chi connectivity index (χ1) is 47.0. The van der Waals surface area contributed by atoms with Crippen molar-refractivity contribution >= 4 is 76.9 Å². The number of carbonyl (C=O) groups is 13. The molecule has 0 aromatic heterocycles. The van der Waals surface area contributed by atoms with Crippen LogP contribution in [0.1, 0.15) is 113 Å². The van der Waals surface area contributed by atoms with E-state index in [9.17, 15) is 98.1 Å². The first-order valence-corrected chi connectivity index (χ1v) is 33.1. The van der Waals surface area contributed by atoms with Gasteiger partial charge in [-0.05, 0) is 69.4 Å². The fourth-order valence-corrected chi connectivity index (χ4v) is 10.5. The van der Waals surface area contributed by atoms with Gasteiger partial charge in [-0.1, -0.05) is 78.3 Å². The molecular weight excluding hydrogens is 1320 g/mol. The zero-order valence-corrected chi connectivity index (χ0v) is 57.9. The summed E-state index contributed by atoms with van der Waals surface area (Å²) < 4.78 is 17.6. The Morgan fingerprint density at radius 1 is 0.580 bits per heavy atom. The molecule has 0 spiro atoms. The van der Waals surface area contributed by atoms with Crippen LogP contribution in [-0.2, 0) is 83.0 Å². The summed E-state index contributed by atoms with van der Waals surface area (Å²) in [6, 6.07) is -7.12. The van der Waals surface area contributed by atoms with Crippen LogP contribution in [0.25, 0.3) is 0 Å². The third-order valence-corrected chi connectivity index (χ3v) is 16.5. The number of amides is 12. The van der Waals surface area contributed by atoms with Crippen molar-refractivity contribution in [2.75, 3.05) is 32.8 Å². The molecule has 100 heavy (non-hydrogen) atoms. The average molecular weight is 1430 g/mol. The van der Waals surface area contributed by atoms with Crippen LogP contribution >= 0.6 is 0 Å². The first-order valence-electron chi connectivity index (χ1n) is 33.1. The fourth-order valence-electron chi connectivity index (χ4n) is 10.5. The lowest BCUT2D eigenvalue weighted by molar-refractivity contribution is -0.315. The van der Waals surface area contributed by atoms with Gasteiger partial charge in [0.05, 0.1) is 44.9 Å². The number of rotatable bonds is 40. The van der Waals surface area contributed by atoms with Gasteiger partial charge in [0, 0.05) is 20.3 Å². The maximum atomic E-state index is 14.7. The number of benzene rings is 1. The highest BCUT2D eigenvalue weighted by Gasteiger charge is 2.52. The van der Waals surface area contributed by atoms with Gasteiger partial charge in [-0.25, -0.2) is 4.79 Å². The summed E-state index contributed by atoms with van der Waals surface area (Å²) in [6.45, 7) is 11.4. The van der Waals surface area contributed by atoms with E-state index in [1.165, 1.54) is 13.8 Å². The predicted octanol–water partition coefficient (Wildman–Crippen LogP) is -8.04. The molecule has 2 fully saturated rings. The largest absolute Gasteiger partial charge is 0.480 e. The predicted molar refractivity (Wildman–Crippen MR) is 352 cm³/mol. The van der Waals surface area contributed by atoms with Gasteiger partial charge in [-0.2, -0.15) is 0 Å². The molecule has 564 valence electrons. The Kier molecular flexibility index (Phi) is 36.4. The molecule has 20 atom stereocenters. The summed E-state index contributed by atoms with van der Waals surface area (Å²) in [4.78, 5) is 175. The average Bonchev–Trinajstić information content (AvgIpc) is 0.778. The van der Waals surface area contributed by atoms with Gasteiger partial charge in [0.2, 0.25) is 70.9 Å². The Morgan fingerprint density at radius 3 is 1.71 bits per heavy atom. The minimum absolute atomic E-state index is 0.0487. The van der Waals surface area contributed by atoms with Crippen LogP contribution in [0.4, 0.5) is 0 Å². The van der Waals surface area contributed by atoms with Crippen molar-refractivity contribution in [1.82, 2.24) is 63.8 Å². The van der Waals surface area contributed by atoms with Gasteiger partial charge >= 0.3 is 5.97 Å². The van der Waals surface area contributed by atoms with Gasteiger partial charge in [-0.3, -0.25) is 57.5 Å². The molecule has 0 bridgehead atoms. The number of aliphatic hydroxyl groups is 6. The molecule has 2 saturated heterocycles. The minimum Gasteiger partial charge on any atom is -0.480 e. The molecular formula is C63H104N14O23. The van der Waals surface area contributed by atoms with Crippen LogP contribution in [0.5, 0.6) is 0 Å². The van der Waals surface area contributed by atoms with E-state index in [-0.39, 0.29) is 37.6 Å². The van der Waals surface area contributed by atoms with E-state index >= 15 is 0 Å². The molecule has 0 saturated carbocycles. The van der Waals surface area contributed by atoms with E-state index in [0.29, 0.717) is 24.8 Å². The number of unbranched alkanes of at least 4 members (excludes halogenated alkanes) is 1. The van der Waals surface area contributed by atoms with E-state index in [2.05, 4.69) is 63.8 Å². The number of carbonyl (C=O) groups excluding carboxylic acids is 12. The first kappa shape index (κ1) is 86.1. The molecule has 37 heteroatoms. The third-order valence-electron chi connectivity index (χ3n) is 16.5. The van der Waals surface area contributed by atoms with Crippen LogP contribution < -0.4 is 75.3 Å². The highest BCUT2D eigenvalue weighted by molar-refractivity contribution is 5.99. The van der Waals surface area contributed by atoms with E-state index < -0.39 is 231 Å². The summed E-state index contributed by atoms with van der Waals surface area (Å²) >= 11 is 0. The summed E-state index contributed by atoms with van der Waals surface area (Å²) in [5.41, 5.74) is 12.0. The summed E-state index contributed by atoms with van der Waals surface area (Å²) in [5.74, 6) is -14.0. The Bertz CT molecular complexity index is 2920. The number of nitrogens with two attached hydrogens (primary N) is 2. The lowest BCUT2D eigenvalue weighted by atomic mass is 9.94. The van der Waals surface area contributed by atoms with Crippen LogP contribution in [0.3, 0.4) is 0 Å². The number of aliphatic carboxylic acids is 1. The highest BCUT2D eigenvalue weighted by Crippen LogP contribution is 2.29. The molecule has 1 aromatic carbocycles. The highest BCUT2D eigenvalue weighted by atomic mass is 16.7. The fraction of sp³-hybridized carbons (Fsp3) is 0.698. The molecule has 2 heterocycles. The van der Waals surface area contributed by atoms with E-state index in [4.69, 9.17) is 25.7 Å². The molecule has 2 aliphatic rings. The van der Waals surface area contributed by atoms with Crippen molar-refractivity contribution in [3.8, 4) is 0 Å². The maximum Gasteiger partial charge on any atom is 0.326 e. The minimum atomic E-state index is -2.05. The molecule has 3 rings (SSSR count). The SMILES string of the molecule is CC[C@H](C)[C@H](NC(=O)[C@@H](N)C(C)C)C(=O)N[C@H](C(=O)N[C@@H](C)C(=O)N[C@@H](Cc1ccccc1)C(=O)NC(CC(=O)N[C@@H]1O[C@H](CO)[C@@H](O[C@@H]2O[C@H](CO)[C@@H](O)[C@H](O)[C@H]2NC(C)=O)[C@H](O)[C@H]1NC(C)=O)C(=O)NCC(=O)NCC(=O)N[C@@H](CC(C)C)C(=O)N[C@@H](CCCCN)C(=O)O)[C@@H](C)O. The summed E-state index contributed by atoms with van der Waals surface area (Å²) in [5, 5.41) is 103. The Balaban J connectivity index is 2.00. The monoisotopic (exact) mass is 1420 g/mol. The smallest absolute Gasteiger partial charge is 0.326 e. The number of ether oxygens (including phenoxy) is 3. The molecule has 1 unspecified atom stereocenters. The normalized spacial score (nSPS) is 23.5. The van der Waals surface area contributed by atoms with Gasteiger partial charge in [0.15, 0.2) is 12.5 Å². The second-order valence-corrected chi connectivity index (χ2v) is 25.6. The molecule has 0 radical (unpaired) electrons. The van der Waals surface area contributed by atoms with Gasteiger partial charge in [0.1, 0.15) is 91.0 Å². The number of hydrogen-bond acceptors (Lipinski definition) is 24. The molecule has 37 nitrogen and oxygen atoms in total. The van der Waals surface area contributed by atoms with Crippen LogP contribution in [-0.4, -0.2) is 261 Å². The van der Waals surface area contributed by atoms with Crippen molar-refractivity contribution in [1.29, 1.82) is 0 Å². The zero-order valence-electron chi connectivity index (χ0n) is 57.9. The van der Waals surface area contributed by atoms with Crippen molar-refractivity contribution in [2.24, 2.45) is 29.2 Å². The van der Waals surface area contributed by atoms with Crippen LogP contribution in [0, 0.1) is 17.8 Å². The standard InChI is InChI=1S/C63H104N14O23/c1-11-30(6)46(76-58(93)45(65)29(4)5)59(94)77-47(32(8)80)60(95)68-31(7)54(89)73-38(22-35-17-13-12-14-18-35)57(92)74-39(55(90)67-24-43(84)66-25-44(85)71-37(21-28(2)3)56(91)72-36(62(96)97)19-15-16-20-64)23-42(83)75-61-48(69-33(9)81)52(88)53(41(27-79)98-61)100-63-49(70-34(10)82)51(87)50(86)40(26-78)99-63/h12-14,17-18,28-32,36-41,45-53,61,63,78-80,86-88H,11,15-16,19-27,64-65H2,1-10H3,(H,66,84)(H,67,90)(H,68,95)(H,69,81)(H,70,82)(H,71,85)(H,72,91)(H,73,89)(H,74,92)(H,75,83)(H,76,93)(H,77,94)(H,96,97)/t30-,31-,32+,36-,37-,38-,39?,40+,41+,45-,46-,47-,48+,49+,50+,51+,52+,53+,61+,63-/m0/s1. The zero-order chi connectivity index (χ0) is 75.4. The van der Waals surface area contributed by atoms with Crippen LogP contribution in [0.15, 0.2) is 30.3 Å².